The summed E-state index contributed by atoms with van der Waals surface area (Å²) in [6.45, 7) is 3.93. The standard InChI is InChI=1S/C18H24N2O3S/c1-13(2)18(16-9-4-5-10-17(16)19)20-24(21,22)12-14-7-6-8-15(11-14)23-3/h4-11,13,18,20H,12,19H2,1-3H3/t18-/m1/s1. The second-order valence-corrected chi connectivity index (χ2v) is 7.83. The van der Waals surface area contributed by atoms with E-state index in [9.17, 15) is 8.42 Å². The summed E-state index contributed by atoms with van der Waals surface area (Å²) >= 11 is 0. The highest BCUT2D eigenvalue weighted by atomic mass is 32.2. The van der Waals surface area contributed by atoms with Crippen LogP contribution >= 0.6 is 0 Å². The van der Waals surface area contributed by atoms with E-state index in [0.717, 1.165) is 5.56 Å². The molecule has 0 bridgehead atoms. The second kappa shape index (κ2) is 7.68. The first-order valence-corrected chi connectivity index (χ1v) is 9.45. The Hall–Kier alpha value is -2.05. The van der Waals surface area contributed by atoms with Crippen LogP contribution in [-0.4, -0.2) is 15.5 Å². The number of rotatable bonds is 7. The van der Waals surface area contributed by atoms with Crippen LogP contribution in [0, 0.1) is 5.92 Å². The molecule has 0 aromatic heterocycles. The molecular formula is C18H24N2O3S. The van der Waals surface area contributed by atoms with Crippen molar-refractivity contribution in [1.82, 2.24) is 4.72 Å². The molecular weight excluding hydrogens is 324 g/mol. The fourth-order valence-electron chi connectivity index (χ4n) is 2.57. The smallest absolute Gasteiger partial charge is 0.216 e. The van der Waals surface area contributed by atoms with Crippen molar-refractivity contribution < 1.29 is 13.2 Å². The van der Waals surface area contributed by atoms with Crippen molar-refractivity contribution in [2.75, 3.05) is 12.8 Å². The molecule has 3 N–H and O–H groups in total. The molecule has 0 aliphatic rings. The summed E-state index contributed by atoms with van der Waals surface area (Å²) in [5.41, 5.74) is 8.07. The van der Waals surface area contributed by atoms with Crippen molar-refractivity contribution in [3.05, 3.63) is 59.7 Å². The molecule has 0 saturated carbocycles. The predicted octanol–water partition coefficient (Wildman–Crippen LogP) is 3.09. The number of sulfonamides is 1. The molecule has 2 rings (SSSR count). The lowest BCUT2D eigenvalue weighted by Crippen LogP contribution is -2.33. The molecule has 0 radical (unpaired) electrons. The molecule has 0 saturated heterocycles. The van der Waals surface area contributed by atoms with Crippen LogP contribution in [0.3, 0.4) is 0 Å². The normalized spacial score (nSPS) is 13.0. The van der Waals surface area contributed by atoms with Crippen LogP contribution in [0.1, 0.15) is 31.0 Å². The van der Waals surface area contributed by atoms with E-state index in [4.69, 9.17) is 10.5 Å². The van der Waals surface area contributed by atoms with E-state index >= 15 is 0 Å². The topological polar surface area (TPSA) is 81.4 Å². The number of para-hydroxylation sites is 1. The summed E-state index contributed by atoms with van der Waals surface area (Å²) in [5.74, 6) is 0.588. The number of ether oxygens (including phenoxy) is 1. The molecule has 0 aliphatic heterocycles. The fourth-order valence-corrected chi connectivity index (χ4v) is 4.06. The van der Waals surface area contributed by atoms with Crippen molar-refractivity contribution in [3.63, 3.8) is 0 Å². The third-order valence-corrected chi connectivity index (χ3v) is 5.12. The molecule has 5 nitrogen and oxygen atoms in total. The lowest BCUT2D eigenvalue weighted by molar-refractivity contribution is 0.414. The summed E-state index contributed by atoms with van der Waals surface area (Å²) in [6, 6.07) is 14.0. The van der Waals surface area contributed by atoms with Crippen molar-refractivity contribution in [2.45, 2.75) is 25.6 Å². The van der Waals surface area contributed by atoms with Gasteiger partial charge in [0.2, 0.25) is 10.0 Å². The van der Waals surface area contributed by atoms with E-state index in [1.165, 1.54) is 0 Å². The average molecular weight is 348 g/mol. The van der Waals surface area contributed by atoms with E-state index in [0.29, 0.717) is 17.0 Å². The molecule has 0 unspecified atom stereocenters. The quantitative estimate of drug-likeness (QED) is 0.753. The number of hydrogen-bond acceptors (Lipinski definition) is 4. The highest BCUT2D eigenvalue weighted by Gasteiger charge is 2.24. The zero-order valence-electron chi connectivity index (χ0n) is 14.2. The number of hydrogen-bond donors (Lipinski definition) is 2. The maximum absolute atomic E-state index is 12.6. The van der Waals surface area contributed by atoms with Gasteiger partial charge in [0.25, 0.3) is 0 Å². The van der Waals surface area contributed by atoms with Crippen molar-refractivity contribution in [3.8, 4) is 5.75 Å². The van der Waals surface area contributed by atoms with Gasteiger partial charge in [-0.3, -0.25) is 0 Å². The predicted molar refractivity (Wildman–Crippen MR) is 97.2 cm³/mol. The Morgan fingerprint density at radius 3 is 2.46 bits per heavy atom. The van der Waals surface area contributed by atoms with Crippen LogP contribution in [0.5, 0.6) is 5.75 Å². The third-order valence-electron chi connectivity index (χ3n) is 3.80. The maximum atomic E-state index is 12.6. The van der Waals surface area contributed by atoms with Gasteiger partial charge in [-0.2, -0.15) is 0 Å². The molecule has 1 atom stereocenters. The summed E-state index contributed by atoms with van der Waals surface area (Å²) in [6.07, 6.45) is 0. The van der Waals surface area contributed by atoms with E-state index in [1.54, 1.807) is 37.4 Å². The molecule has 24 heavy (non-hydrogen) atoms. The van der Waals surface area contributed by atoms with Crippen LogP contribution < -0.4 is 15.2 Å². The summed E-state index contributed by atoms with van der Waals surface area (Å²) in [7, 11) is -1.98. The summed E-state index contributed by atoms with van der Waals surface area (Å²) in [5, 5.41) is 0. The van der Waals surface area contributed by atoms with Gasteiger partial charge in [-0.15, -0.1) is 0 Å². The molecule has 0 amide bonds. The molecule has 0 spiro atoms. The number of benzene rings is 2. The van der Waals surface area contributed by atoms with Gasteiger partial charge in [0, 0.05) is 5.69 Å². The minimum absolute atomic E-state index is 0.0646. The lowest BCUT2D eigenvalue weighted by atomic mass is 9.96. The van der Waals surface area contributed by atoms with E-state index in [1.807, 2.05) is 32.0 Å². The van der Waals surface area contributed by atoms with Crippen molar-refractivity contribution in [2.24, 2.45) is 5.92 Å². The van der Waals surface area contributed by atoms with Crippen LogP contribution in [0.25, 0.3) is 0 Å². The Bertz CT molecular complexity index is 788. The monoisotopic (exact) mass is 348 g/mol. The highest BCUT2D eigenvalue weighted by molar-refractivity contribution is 7.88. The Balaban J connectivity index is 2.23. The Morgan fingerprint density at radius 1 is 1.12 bits per heavy atom. The average Bonchev–Trinajstić information content (AvgIpc) is 2.53. The molecule has 6 heteroatoms. The third kappa shape index (κ3) is 4.72. The van der Waals surface area contributed by atoms with Gasteiger partial charge < -0.3 is 10.5 Å². The minimum atomic E-state index is -3.53. The van der Waals surface area contributed by atoms with Gasteiger partial charge in [0.15, 0.2) is 0 Å². The molecule has 0 fully saturated rings. The van der Waals surface area contributed by atoms with Crippen LogP contribution in [0.2, 0.25) is 0 Å². The van der Waals surface area contributed by atoms with Crippen LogP contribution in [0.4, 0.5) is 5.69 Å². The van der Waals surface area contributed by atoms with Gasteiger partial charge in [-0.1, -0.05) is 44.2 Å². The van der Waals surface area contributed by atoms with Gasteiger partial charge >= 0.3 is 0 Å². The van der Waals surface area contributed by atoms with Gasteiger partial charge in [-0.05, 0) is 35.2 Å². The van der Waals surface area contributed by atoms with Crippen molar-refractivity contribution >= 4 is 15.7 Å². The molecule has 0 heterocycles. The number of nitrogens with one attached hydrogen (secondary N) is 1. The Labute approximate surface area is 143 Å². The van der Waals surface area contributed by atoms with Crippen LogP contribution in [0.15, 0.2) is 48.5 Å². The first-order chi connectivity index (χ1) is 11.3. The molecule has 0 aliphatic carbocycles. The molecule has 2 aromatic carbocycles. The second-order valence-electron chi connectivity index (χ2n) is 6.08. The van der Waals surface area contributed by atoms with Gasteiger partial charge in [-0.25, -0.2) is 13.1 Å². The van der Waals surface area contributed by atoms with E-state index < -0.39 is 10.0 Å². The number of nitrogen functional groups attached to an aromatic ring is 1. The first-order valence-electron chi connectivity index (χ1n) is 7.79. The maximum Gasteiger partial charge on any atom is 0.216 e. The summed E-state index contributed by atoms with van der Waals surface area (Å²) in [4.78, 5) is 0. The van der Waals surface area contributed by atoms with Crippen LogP contribution in [-0.2, 0) is 15.8 Å². The molecule has 130 valence electrons. The van der Waals surface area contributed by atoms with E-state index in [-0.39, 0.29) is 17.7 Å². The Kier molecular flexibility index (Phi) is 5.85. The van der Waals surface area contributed by atoms with Crippen molar-refractivity contribution in [1.29, 1.82) is 0 Å². The SMILES string of the molecule is COc1cccc(CS(=O)(=O)N[C@@H](c2ccccc2N)C(C)C)c1. The first kappa shape index (κ1) is 18.3. The molecule has 2 aromatic rings. The lowest BCUT2D eigenvalue weighted by Gasteiger charge is -2.24. The fraction of sp³-hybridized carbons (Fsp3) is 0.333. The zero-order chi connectivity index (χ0) is 17.7. The Morgan fingerprint density at radius 2 is 1.83 bits per heavy atom. The number of nitrogens with two attached hydrogens (primary N) is 1. The van der Waals surface area contributed by atoms with E-state index in [2.05, 4.69) is 4.72 Å². The zero-order valence-corrected chi connectivity index (χ0v) is 15.0. The highest BCUT2D eigenvalue weighted by Crippen LogP contribution is 2.27. The number of anilines is 1. The summed E-state index contributed by atoms with van der Waals surface area (Å²) < 4.78 is 33.1. The van der Waals surface area contributed by atoms with Gasteiger partial charge in [0.05, 0.1) is 18.9 Å². The van der Waals surface area contributed by atoms with Gasteiger partial charge in [0.1, 0.15) is 5.75 Å². The number of methoxy groups -OCH3 is 1. The minimum Gasteiger partial charge on any atom is -0.497 e. The largest absolute Gasteiger partial charge is 0.497 e.